The van der Waals surface area contributed by atoms with Crippen LogP contribution in [0.3, 0.4) is 0 Å². The van der Waals surface area contributed by atoms with Gasteiger partial charge >= 0.3 is 17.9 Å². The molecule has 19 N–H and O–H groups in total. The Labute approximate surface area is 566 Å². The van der Waals surface area contributed by atoms with Crippen molar-refractivity contribution in [3.8, 4) is 5.75 Å². The summed E-state index contributed by atoms with van der Waals surface area (Å²) in [5.41, 5.74) is 13.9. The standard InChI is InChI=1S/C64H85N13O18S2/c1-33(2)52(64(94)95)75-61(91)48-32-97-96-31-47(73-59(89)46(29-51(82)83)72-62(92)49-17-11-25-77(49)63(93)53(34(3)78)76-54(84)40(66)22-23-50(80)81)60(90)70-43(26-35-12-5-4-6-13-35)56(86)71-45(28-37-30-67-41-15-8-7-14-39(37)41)58(88)68-42(16-9-10-24-65)55(85)69-44(57(87)74-48)27-36-18-20-38(79)21-19-36/h4-8,12-15,18-21,30,33-34,40,42-49,52-53,67,78-79H,9-11,16-17,22-29,31-32,65-66H2,1-3H3,(H,68,88)(H,69,85)(H,70,90)(H,71,86)(H,72,92)(H,73,89)(H,74,87)(H,75,91)(H,76,84)(H,80,81)(H,82,83)(H,94,95)/t34-,40+,42+,43+,44?,45+,46+,47+,48+,49+,52+,53+/m1/s1. The van der Waals surface area contributed by atoms with Gasteiger partial charge in [-0.2, -0.15) is 0 Å². The number of phenolic OH excluding ortho intramolecular Hbond substituents is 1. The number of benzene rings is 3. The highest BCUT2D eigenvalue weighted by Crippen LogP contribution is 2.26. The third-order valence-electron chi connectivity index (χ3n) is 16.2. The maximum Gasteiger partial charge on any atom is 0.326 e. The molecule has 2 aliphatic heterocycles. The Morgan fingerprint density at radius 3 is 1.86 bits per heavy atom. The Kier molecular flexibility index (Phi) is 29.5. The molecule has 0 radical (unpaired) electrons. The van der Waals surface area contributed by atoms with E-state index in [1.807, 2.05) is 0 Å². The normalized spacial score (nSPS) is 21.6. The Hall–Kier alpha value is -9.31. The molecular formula is C64H85N13O18S2. The molecular weight excluding hydrogens is 1300 g/mol. The number of carbonyl (C=O) groups is 13. The van der Waals surface area contributed by atoms with E-state index in [9.17, 15) is 68.4 Å². The number of hydrogen-bond donors (Lipinski definition) is 17. The number of para-hydroxylation sites is 1. The second-order valence-electron chi connectivity index (χ2n) is 24.0. The monoisotopic (exact) mass is 1390 g/mol. The fourth-order valence-corrected chi connectivity index (χ4v) is 13.1. The van der Waals surface area contributed by atoms with Crippen LogP contribution in [0.25, 0.3) is 10.9 Å². The van der Waals surface area contributed by atoms with Crippen molar-refractivity contribution in [2.75, 3.05) is 24.6 Å². The van der Waals surface area contributed by atoms with Crippen molar-refractivity contribution in [3.05, 3.63) is 102 Å². The van der Waals surface area contributed by atoms with Gasteiger partial charge in [0.1, 0.15) is 66.2 Å². The number of fused-ring (bicyclic) bond motifs is 1. The van der Waals surface area contributed by atoms with E-state index in [1.54, 1.807) is 60.8 Å². The molecule has 1 unspecified atom stereocenters. The van der Waals surface area contributed by atoms with Gasteiger partial charge in [0.15, 0.2) is 0 Å². The average molecular weight is 1390 g/mol. The number of nitrogens with one attached hydrogen (secondary N) is 10. The second kappa shape index (κ2) is 37.3. The van der Waals surface area contributed by atoms with Crippen molar-refractivity contribution in [3.63, 3.8) is 0 Å². The second-order valence-corrected chi connectivity index (χ2v) is 26.6. The largest absolute Gasteiger partial charge is 0.508 e. The number of carboxylic acids is 3. The number of unbranched alkanes of at least 4 members (excludes halogenated alkanes) is 1. The molecule has 10 amide bonds. The van der Waals surface area contributed by atoms with Gasteiger partial charge in [-0.25, -0.2) is 4.79 Å². The summed E-state index contributed by atoms with van der Waals surface area (Å²) in [6, 6.07) is 3.64. The molecule has 0 aliphatic carbocycles. The highest BCUT2D eigenvalue weighted by atomic mass is 33.1. The van der Waals surface area contributed by atoms with Crippen LogP contribution in [-0.4, -0.2) is 210 Å². The summed E-state index contributed by atoms with van der Waals surface area (Å²) < 4.78 is 0. The number of aliphatic carboxylic acids is 3. The Balaban J connectivity index is 1.41. The fraction of sp³-hybridized carbons (Fsp3) is 0.484. The molecule has 3 aromatic carbocycles. The number of phenols is 1. The molecule has 2 fully saturated rings. The summed E-state index contributed by atoms with van der Waals surface area (Å²) >= 11 is 0. The lowest BCUT2D eigenvalue weighted by molar-refractivity contribution is -0.145. The average Bonchev–Trinajstić information content (AvgIpc) is 1.75. The minimum atomic E-state index is -2.00. The smallest absolute Gasteiger partial charge is 0.326 e. The molecule has 0 spiro atoms. The molecule has 6 rings (SSSR count). The maximum atomic E-state index is 15.1. The molecule has 2 saturated heterocycles. The quantitative estimate of drug-likeness (QED) is 0.0240. The van der Waals surface area contributed by atoms with Gasteiger partial charge in [0.05, 0.1) is 18.6 Å². The zero-order valence-corrected chi connectivity index (χ0v) is 55.3. The van der Waals surface area contributed by atoms with Gasteiger partial charge in [-0.1, -0.05) is 96.1 Å². The summed E-state index contributed by atoms with van der Waals surface area (Å²) in [5, 5.41) is 74.1. The number of aromatic amines is 1. The summed E-state index contributed by atoms with van der Waals surface area (Å²) in [5.74, 6) is -16.0. The van der Waals surface area contributed by atoms with Gasteiger partial charge in [-0.3, -0.25) is 57.5 Å². The fourth-order valence-electron chi connectivity index (χ4n) is 10.8. The molecule has 12 atom stereocenters. The van der Waals surface area contributed by atoms with Crippen molar-refractivity contribution in [2.45, 2.75) is 164 Å². The van der Waals surface area contributed by atoms with Crippen LogP contribution in [0.15, 0.2) is 85.1 Å². The summed E-state index contributed by atoms with van der Waals surface area (Å²) in [6.45, 7) is 4.32. The molecule has 3 heterocycles. The van der Waals surface area contributed by atoms with E-state index < -0.39 is 180 Å². The molecule has 33 heteroatoms. The first-order valence-corrected chi connectivity index (χ1v) is 34.1. The van der Waals surface area contributed by atoms with Crippen molar-refractivity contribution in [1.82, 2.24) is 57.7 Å². The van der Waals surface area contributed by atoms with Crippen molar-refractivity contribution in [1.29, 1.82) is 0 Å². The lowest BCUT2D eigenvalue weighted by Gasteiger charge is -2.31. The van der Waals surface area contributed by atoms with Crippen molar-refractivity contribution in [2.24, 2.45) is 17.4 Å². The van der Waals surface area contributed by atoms with Crippen LogP contribution >= 0.6 is 21.6 Å². The van der Waals surface area contributed by atoms with E-state index in [1.165, 1.54) is 45.0 Å². The van der Waals surface area contributed by atoms with Gasteiger partial charge < -0.3 is 94.7 Å². The van der Waals surface area contributed by atoms with E-state index in [2.05, 4.69) is 52.8 Å². The number of aliphatic hydroxyl groups excluding tert-OH is 1. The molecule has 2 aliphatic rings. The first-order valence-electron chi connectivity index (χ1n) is 31.6. The van der Waals surface area contributed by atoms with Gasteiger partial charge in [-0.15, -0.1) is 0 Å². The number of aromatic nitrogens is 1. The number of nitrogens with zero attached hydrogens (tertiary/aromatic N) is 1. The number of carboxylic acid groups (broad SMARTS) is 3. The summed E-state index contributed by atoms with van der Waals surface area (Å²) in [4.78, 5) is 185. The van der Waals surface area contributed by atoms with Crippen molar-refractivity contribution < 1.29 is 87.9 Å². The summed E-state index contributed by atoms with van der Waals surface area (Å²) in [7, 11) is 1.65. The van der Waals surface area contributed by atoms with Crippen LogP contribution in [0.2, 0.25) is 0 Å². The third kappa shape index (κ3) is 23.2. The lowest BCUT2D eigenvalue weighted by atomic mass is 10.0. The Bertz CT molecular complexity index is 3450. The third-order valence-corrected chi connectivity index (χ3v) is 18.6. The van der Waals surface area contributed by atoms with Gasteiger partial charge in [0.2, 0.25) is 59.1 Å². The van der Waals surface area contributed by atoms with Gasteiger partial charge in [0, 0.05) is 60.8 Å². The minimum absolute atomic E-state index is 0.0443. The van der Waals surface area contributed by atoms with Crippen LogP contribution in [0.1, 0.15) is 88.8 Å². The van der Waals surface area contributed by atoms with Crippen LogP contribution < -0.4 is 59.3 Å². The van der Waals surface area contributed by atoms with Gasteiger partial charge in [0.25, 0.3) is 0 Å². The molecule has 526 valence electrons. The number of hydrogen-bond acceptors (Lipinski definition) is 19. The predicted octanol–water partition coefficient (Wildman–Crippen LogP) is -1.43. The van der Waals surface area contributed by atoms with E-state index in [-0.39, 0.29) is 70.2 Å². The number of H-pyrrole nitrogens is 1. The number of aromatic hydroxyl groups is 1. The van der Waals surface area contributed by atoms with E-state index in [0.29, 0.717) is 34.0 Å². The molecule has 4 aromatic rings. The number of amides is 10. The molecule has 31 nitrogen and oxygen atoms in total. The Morgan fingerprint density at radius 1 is 0.649 bits per heavy atom. The molecule has 1 aromatic heterocycles. The number of likely N-dealkylation sites (tertiary alicyclic amines) is 1. The topological polar surface area (TPSA) is 502 Å². The maximum absolute atomic E-state index is 15.1. The van der Waals surface area contributed by atoms with Gasteiger partial charge in [-0.05, 0) is 92.8 Å². The van der Waals surface area contributed by atoms with E-state index >= 15 is 14.4 Å². The van der Waals surface area contributed by atoms with Crippen LogP contribution in [0, 0.1) is 5.92 Å². The minimum Gasteiger partial charge on any atom is -0.508 e. The molecule has 0 saturated carbocycles. The van der Waals surface area contributed by atoms with Crippen LogP contribution in [0.5, 0.6) is 5.75 Å². The predicted molar refractivity (Wildman–Crippen MR) is 355 cm³/mol. The van der Waals surface area contributed by atoms with E-state index in [4.69, 9.17) is 16.6 Å². The Morgan fingerprint density at radius 2 is 1.24 bits per heavy atom. The highest BCUT2D eigenvalue weighted by Gasteiger charge is 2.42. The highest BCUT2D eigenvalue weighted by molar-refractivity contribution is 8.76. The van der Waals surface area contributed by atoms with Crippen LogP contribution in [0.4, 0.5) is 0 Å². The van der Waals surface area contributed by atoms with Crippen molar-refractivity contribution >= 4 is 109 Å². The van der Waals surface area contributed by atoms with E-state index in [0.717, 1.165) is 26.5 Å². The van der Waals surface area contributed by atoms with Crippen LogP contribution in [-0.2, 0) is 81.6 Å². The lowest BCUT2D eigenvalue weighted by Crippen LogP contribution is -2.62. The summed E-state index contributed by atoms with van der Waals surface area (Å²) in [6.07, 6.45) is -1.85. The number of carbonyl (C=O) groups excluding carboxylic acids is 10. The number of nitrogens with two attached hydrogens (primary N) is 2. The molecule has 97 heavy (non-hydrogen) atoms. The zero-order valence-electron chi connectivity index (χ0n) is 53.7. The zero-order chi connectivity index (χ0) is 71.0. The number of rotatable bonds is 27. The first kappa shape index (κ1) is 76.7. The first-order chi connectivity index (χ1) is 46.1. The SMILES string of the molecule is CC(C)[C@H](NC(=O)[C@@H]1CSSC[C@H](NC(=O)[C@H](CC(=O)O)NC(=O)[C@@H]2CCCN2C(=O)[C@@H](NC(=O)[C@@H](N)CCC(=O)O)[C@@H](C)O)C(=O)N[C@@H](Cc2ccccc2)C(=O)N[C@@H](Cc2c[nH]c3ccccc23)C(=O)N[C@@H](CCCCN)C(=O)NC(Cc2ccc(O)cc2)C(=O)N1)C(=O)O. The number of aliphatic hydroxyl groups is 1. The molecule has 0 bridgehead atoms.